The topological polar surface area (TPSA) is 76.2 Å². The molecule has 0 fully saturated rings. The zero-order chi connectivity index (χ0) is 14.0. The van der Waals surface area contributed by atoms with Crippen LogP contribution in [-0.2, 0) is 0 Å². The van der Waals surface area contributed by atoms with E-state index in [1.165, 1.54) is 0 Å². The molecule has 0 aliphatic rings. The van der Waals surface area contributed by atoms with Crippen molar-refractivity contribution in [3.05, 3.63) is 47.1 Å². The molecule has 2 rings (SSSR count). The molecule has 1 unspecified atom stereocenters. The molecule has 1 N–H and O–H groups in total. The number of carboxylic acids is 1. The third-order valence-corrected chi connectivity index (χ3v) is 3.00. The van der Waals surface area contributed by atoms with Crippen molar-refractivity contribution in [1.82, 2.24) is 10.1 Å². The molecular formula is C14H16N2O3. The van der Waals surface area contributed by atoms with E-state index in [2.05, 4.69) is 24.0 Å². The van der Waals surface area contributed by atoms with Crippen LogP contribution in [0, 0.1) is 12.8 Å². The molecule has 0 spiro atoms. The van der Waals surface area contributed by atoms with Crippen molar-refractivity contribution in [2.75, 3.05) is 0 Å². The number of aromatic nitrogens is 2. The van der Waals surface area contributed by atoms with Crippen LogP contribution in [0.15, 0.2) is 28.8 Å². The largest absolute Gasteiger partial charge is 0.478 e. The standard InChI is InChI=1S/C14H16N2O3/c1-8(2)12(13-15-9(3)19-16-13)10-4-6-11(7-5-10)14(17)18/h4-8,12H,1-3H3,(H,17,18). The van der Waals surface area contributed by atoms with Gasteiger partial charge in [-0.1, -0.05) is 31.1 Å². The van der Waals surface area contributed by atoms with E-state index in [1.807, 2.05) is 0 Å². The highest BCUT2D eigenvalue weighted by atomic mass is 16.5. The van der Waals surface area contributed by atoms with Gasteiger partial charge in [-0.15, -0.1) is 0 Å². The monoisotopic (exact) mass is 260 g/mol. The molecule has 0 saturated heterocycles. The minimum atomic E-state index is -0.928. The quantitative estimate of drug-likeness (QED) is 0.914. The van der Waals surface area contributed by atoms with E-state index < -0.39 is 5.97 Å². The van der Waals surface area contributed by atoms with Crippen LogP contribution in [0.2, 0.25) is 0 Å². The van der Waals surface area contributed by atoms with Crippen molar-refractivity contribution in [3.63, 3.8) is 0 Å². The number of aryl methyl sites for hydroxylation is 1. The highest BCUT2D eigenvalue weighted by Gasteiger charge is 2.23. The number of carbonyl (C=O) groups is 1. The minimum absolute atomic E-state index is 0.000273. The lowest BCUT2D eigenvalue weighted by molar-refractivity contribution is 0.0697. The molecule has 1 atom stereocenters. The summed E-state index contributed by atoms with van der Waals surface area (Å²) in [6.45, 7) is 5.89. The number of carboxylic acid groups (broad SMARTS) is 1. The van der Waals surface area contributed by atoms with Crippen LogP contribution in [0.5, 0.6) is 0 Å². The van der Waals surface area contributed by atoms with Crippen LogP contribution in [0.1, 0.15) is 47.4 Å². The Kier molecular flexibility index (Phi) is 3.64. The van der Waals surface area contributed by atoms with Gasteiger partial charge >= 0.3 is 5.97 Å². The zero-order valence-electron chi connectivity index (χ0n) is 11.1. The fourth-order valence-corrected chi connectivity index (χ4v) is 2.11. The molecule has 0 bridgehead atoms. The third kappa shape index (κ3) is 2.81. The molecular weight excluding hydrogens is 244 g/mol. The minimum Gasteiger partial charge on any atom is -0.478 e. The Balaban J connectivity index is 2.37. The smallest absolute Gasteiger partial charge is 0.335 e. The van der Waals surface area contributed by atoms with Gasteiger partial charge in [0.1, 0.15) is 0 Å². The Morgan fingerprint density at radius 2 is 1.89 bits per heavy atom. The van der Waals surface area contributed by atoms with Crippen molar-refractivity contribution in [1.29, 1.82) is 0 Å². The first-order valence-corrected chi connectivity index (χ1v) is 6.12. The summed E-state index contributed by atoms with van der Waals surface area (Å²) in [4.78, 5) is 15.1. The maximum absolute atomic E-state index is 10.8. The molecule has 0 saturated carbocycles. The van der Waals surface area contributed by atoms with Crippen LogP contribution in [0.25, 0.3) is 0 Å². The van der Waals surface area contributed by atoms with Crippen LogP contribution in [-0.4, -0.2) is 21.2 Å². The summed E-state index contributed by atoms with van der Waals surface area (Å²) in [5, 5.41) is 12.9. The van der Waals surface area contributed by atoms with Gasteiger partial charge < -0.3 is 9.63 Å². The first kappa shape index (κ1) is 13.3. The average Bonchev–Trinajstić information content (AvgIpc) is 2.76. The average molecular weight is 260 g/mol. The highest BCUT2D eigenvalue weighted by Crippen LogP contribution is 2.30. The van der Waals surface area contributed by atoms with Crippen molar-refractivity contribution < 1.29 is 14.4 Å². The second-order valence-corrected chi connectivity index (χ2v) is 4.82. The molecule has 5 nitrogen and oxygen atoms in total. The van der Waals surface area contributed by atoms with Crippen molar-refractivity contribution in [3.8, 4) is 0 Å². The van der Waals surface area contributed by atoms with E-state index in [4.69, 9.17) is 9.63 Å². The number of benzene rings is 1. The Morgan fingerprint density at radius 3 is 2.32 bits per heavy atom. The summed E-state index contributed by atoms with van der Waals surface area (Å²) >= 11 is 0. The van der Waals surface area contributed by atoms with Crippen molar-refractivity contribution in [2.45, 2.75) is 26.7 Å². The summed E-state index contributed by atoms with van der Waals surface area (Å²) < 4.78 is 5.02. The van der Waals surface area contributed by atoms with Gasteiger partial charge in [0.25, 0.3) is 0 Å². The zero-order valence-corrected chi connectivity index (χ0v) is 11.1. The lowest BCUT2D eigenvalue weighted by atomic mass is 9.87. The Labute approximate surface area is 111 Å². The lowest BCUT2D eigenvalue weighted by Crippen LogP contribution is -2.11. The fraction of sp³-hybridized carbons (Fsp3) is 0.357. The summed E-state index contributed by atoms with van der Waals surface area (Å²) in [6, 6.07) is 6.81. The molecule has 0 aliphatic carbocycles. The van der Waals surface area contributed by atoms with Crippen LogP contribution in [0.4, 0.5) is 0 Å². The molecule has 0 amide bonds. The molecule has 1 heterocycles. The Morgan fingerprint density at radius 1 is 1.26 bits per heavy atom. The molecule has 1 aromatic heterocycles. The lowest BCUT2D eigenvalue weighted by Gasteiger charge is -2.17. The normalized spacial score (nSPS) is 12.6. The van der Waals surface area contributed by atoms with Crippen LogP contribution < -0.4 is 0 Å². The van der Waals surface area contributed by atoms with Crippen LogP contribution in [0.3, 0.4) is 0 Å². The first-order chi connectivity index (χ1) is 8.99. The Hall–Kier alpha value is -2.17. The van der Waals surface area contributed by atoms with Gasteiger partial charge in [0, 0.05) is 12.8 Å². The highest BCUT2D eigenvalue weighted by molar-refractivity contribution is 5.87. The summed E-state index contributed by atoms with van der Waals surface area (Å²) in [7, 11) is 0. The number of aromatic carboxylic acids is 1. The van der Waals surface area contributed by atoms with Gasteiger partial charge in [-0.25, -0.2) is 4.79 Å². The summed E-state index contributed by atoms with van der Waals surface area (Å²) in [6.07, 6.45) is 0. The van der Waals surface area contributed by atoms with Gasteiger partial charge in [-0.3, -0.25) is 0 Å². The SMILES string of the molecule is Cc1nc(C(c2ccc(C(=O)O)cc2)C(C)C)no1. The maximum Gasteiger partial charge on any atom is 0.335 e. The number of hydrogen-bond acceptors (Lipinski definition) is 4. The second-order valence-electron chi connectivity index (χ2n) is 4.82. The molecule has 5 heteroatoms. The van der Waals surface area contributed by atoms with E-state index in [9.17, 15) is 4.79 Å². The van der Waals surface area contributed by atoms with E-state index in [-0.39, 0.29) is 17.4 Å². The molecule has 0 aliphatic heterocycles. The third-order valence-electron chi connectivity index (χ3n) is 3.00. The molecule has 0 radical (unpaired) electrons. The van der Waals surface area contributed by atoms with Gasteiger partial charge in [0.15, 0.2) is 5.82 Å². The predicted molar refractivity (Wildman–Crippen MR) is 69.1 cm³/mol. The van der Waals surface area contributed by atoms with Gasteiger partial charge in [-0.05, 0) is 23.6 Å². The predicted octanol–water partition coefficient (Wildman–Crippen LogP) is 2.86. The maximum atomic E-state index is 10.8. The van der Waals surface area contributed by atoms with Crippen LogP contribution >= 0.6 is 0 Å². The Bertz CT molecular complexity index is 573. The van der Waals surface area contributed by atoms with Gasteiger partial charge in [0.2, 0.25) is 5.89 Å². The van der Waals surface area contributed by atoms with Crippen molar-refractivity contribution >= 4 is 5.97 Å². The first-order valence-electron chi connectivity index (χ1n) is 6.12. The van der Waals surface area contributed by atoms with Gasteiger partial charge in [0.05, 0.1) is 5.56 Å². The van der Waals surface area contributed by atoms with Gasteiger partial charge in [-0.2, -0.15) is 4.98 Å². The number of hydrogen-bond donors (Lipinski definition) is 1. The van der Waals surface area contributed by atoms with E-state index in [0.717, 1.165) is 5.56 Å². The molecule has 19 heavy (non-hydrogen) atoms. The summed E-state index contributed by atoms with van der Waals surface area (Å²) in [5.74, 6) is 0.523. The molecule has 2 aromatic rings. The van der Waals surface area contributed by atoms with E-state index in [0.29, 0.717) is 11.7 Å². The van der Waals surface area contributed by atoms with Crippen molar-refractivity contribution in [2.24, 2.45) is 5.92 Å². The fourth-order valence-electron chi connectivity index (χ4n) is 2.11. The second kappa shape index (κ2) is 5.22. The summed E-state index contributed by atoms with van der Waals surface area (Å²) in [5.41, 5.74) is 1.26. The van der Waals surface area contributed by atoms with E-state index >= 15 is 0 Å². The molecule has 100 valence electrons. The number of nitrogens with zero attached hydrogens (tertiary/aromatic N) is 2. The van der Waals surface area contributed by atoms with E-state index in [1.54, 1.807) is 31.2 Å². The molecule has 1 aromatic carbocycles. The number of rotatable bonds is 4.